The van der Waals surface area contributed by atoms with E-state index < -0.39 is 5.82 Å². The zero-order valence-corrected chi connectivity index (χ0v) is 9.03. The number of rotatable bonds is 2. The van der Waals surface area contributed by atoms with Gasteiger partial charge in [-0.1, -0.05) is 6.07 Å². The molecule has 2 aromatic rings. The first-order valence-corrected chi connectivity index (χ1v) is 4.78. The first-order valence-electron chi connectivity index (χ1n) is 4.78. The van der Waals surface area contributed by atoms with Crippen molar-refractivity contribution in [1.82, 2.24) is 0 Å². The van der Waals surface area contributed by atoms with Gasteiger partial charge in [0.05, 0.1) is 7.11 Å². The molecule has 86 valence electrons. The highest BCUT2D eigenvalue weighted by Gasteiger charge is 2.14. The molecule has 0 spiro atoms. The fraction of sp³-hybridized carbons (Fsp3) is 0.0833. The second-order valence-corrected chi connectivity index (χ2v) is 3.35. The number of methoxy groups -OCH3 is 1. The third-order valence-corrected chi connectivity index (χ3v) is 2.39. The summed E-state index contributed by atoms with van der Waals surface area (Å²) in [6.45, 7) is 0. The van der Waals surface area contributed by atoms with Gasteiger partial charge in [-0.25, -0.2) is 4.39 Å². The molecule has 0 saturated carbocycles. The minimum atomic E-state index is -0.506. The molecule has 0 radical (unpaired) electrons. The molecule has 5 heteroatoms. The lowest BCUT2D eigenvalue weighted by Crippen LogP contribution is -1.90. The molecule has 2 N–H and O–H groups in total. The molecule has 2 rings (SSSR count). The zero-order chi connectivity index (χ0) is 12.4. The Hall–Kier alpha value is -2.48. The van der Waals surface area contributed by atoms with Gasteiger partial charge in [0.1, 0.15) is 17.9 Å². The summed E-state index contributed by atoms with van der Waals surface area (Å²) in [4.78, 5) is 0. The molecule has 4 nitrogen and oxygen atoms in total. The summed E-state index contributed by atoms with van der Waals surface area (Å²) in [5.74, 6) is -0.337. The fourth-order valence-corrected chi connectivity index (χ4v) is 1.53. The van der Waals surface area contributed by atoms with Crippen LogP contribution < -0.4 is 10.5 Å². The number of hydrogen-bond donors (Lipinski definition) is 1. The van der Waals surface area contributed by atoms with Gasteiger partial charge in [0, 0.05) is 5.56 Å². The van der Waals surface area contributed by atoms with Crippen LogP contribution in [-0.4, -0.2) is 7.11 Å². The van der Waals surface area contributed by atoms with Gasteiger partial charge in [0.25, 0.3) is 0 Å². The summed E-state index contributed by atoms with van der Waals surface area (Å²) >= 11 is 0. The SMILES string of the molecule is COc1ccc(-c2coc(N)c2C#N)cc1F. The number of nitriles is 1. The van der Waals surface area contributed by atoms with Gasteiger partial charge in [-0.05, 0) is 17.7 Å². The number of furan rings is 1. The van der Waals surface area contributed by atoms with E-state index in [9.17, 15) is 4.39 Å². The number of ether oxygens (including phenoxy) is 1. The van der Waals surface area contributed by atoms with Gasteiger partial charge in [-0.15, -0.1) is 0 Å². The number of nitrogens with two attached hydrogens (primary N) is 1. The number of hydrogen-bond acceptors (Lipinski definition) is 4. The third kappa shape index (κ3) is 1.81. The molecule has 0 aliphatic heterocycles. The molecule has 1 aromatic heterocycles. The molecule has 0 fully saturated rings. The van der Waals surface area contributed by atoms with Crippen LogP contribution in [0.25, 0.3) is 11.1 Å². The average Bonchev–Trinajstić information content (AvgIpc) is 2.70. The van der Waals surface area contributed by atoms with Crippen molar-refractivity contribution < 1.29 is 13.5 Å². The van der Waals surface area contributed by atoms with Gasteiger partial charge in [-0.3, -0.25) is 0 Å². The Morgan fingerprint density at radius 2 is 2.24 bits per heavy atom. The lowest BCUT2D eigenvalue weighted by Gasteiger charge is -2.03. The molecular weight excluding hydrogens is 223 g/mol. The summed E-state index contributed by atoms with van der Waals surface area (Å²) < 4.78 is 23.3. The highest BCUT2D eigenvalue weighted by atomic mass is 19.1. The van der Waals surface area contributed by atoms with Crippen molar-refractivity contribution in [2.24, 2.45) is 0 Å². The van der Waals surface area contributed by atoms with Crippen molar-refractivity contribution in [3.8, 4) is 22.9 Å². The lowest BCUT2D eigenvalue weighted by atomic mass is 10.0. The number of nitrogen functional groups attached to an aromatic ring is 1. The zero-order valence-electron chi connectivity index (χ0n) is 9.03. The number of anilines is 1. The Morgan fingerprint density at radius 3 is 2.82 bits per heavy atom. The van der Waals surface area contributed by atoms with E-state index >= 15 is 0 Å². The second kappa shape index (κ2) is 4.18. The quantitative estimate of drug-likeness (QED) is 0.863. The van der Waals surface area contributed by atoms with Crippen molar-refractivity contribution in [2.75, 3.05) is 12.8 Å². The van der Waals surface area contributed by atoms with Crippen LogP contribution in [0.4, 0.5) is 10.3 Å². The number of halogens is 1. The van der Waals surface area contributed by atoms with E-state index in [1.54, 1.807) is 6.07 Å². The van der Waals surface area contributed by atoms with Crippen LogP contribution in [0, 0.1) is 17.1 Å². The van der Waals surface area contributed by atoms with Crippen LogP contribution in [0.5, 0.6) is 5.75 Å². The van der Waals surface area contributed by atoms with Crippen LogP contribution >= 0.6 is 0 Å². The molecule has 1 heterocycles. The molecular formula is C12H9FN2O2. The maximum atomic E-state index is 13.5. The topological polar surface area (TPSA) is 72.2 Å². The molecule has 0 aliphatic carbocycles. The monoisotopic (exact) mass is 232 g/mol. The van der Waals surface area contributed by atoms with Crippen molar-refractivity contribution in [3.05, 3.63) is 35.8 Å². The number of nitrogens with zero attached hydrogens (tertiary/aromatic N) is 1. The van der Waals surface area contributed by atoms with E-state index in [1.165, 1.54) is 25.5 Å². The van der Waals surface area contributed by atoms with Crippen LogP contribution in [0.2, 0.25) is 0 Å². The average molecular weight is 232 g/mol. The van der Waals surface area contributed by atoms with Crippen molar-refractivity contribution in [2.45, 2.75) is 0 Å². The lowest BCUT2D eigenvalue weighted by molar-refractivity contribution is 0.386. The van der Waals surface area contributed by atoms with Gasteiger partial charge in [0.2, 0.25) is 5.88 Å². The summed E-state index contributed by atoms with van der Waals surface area (Å²) in [5.41, 5.74) is 6.66. The fourth-order valence-electron chi connectivity index (χ4n) is 1.53. The van der Waals surface area contributed by atoms with Gasteiger partial charge >= 0.3 is 0 Å². The van der Waals surface area contributed by atoms with E-state index in [1.807, 2.05) is 6.07 Å². The summed E-state index contributed by atoms with van der Waals surface area (Å²) in [6.07, 6.45) is 1.33. The third-order valence-electron chi connectivity index (χ3n) is 2.39. The Bertz CT molecular complexity index is 599. The Balaban J connectivity index is 2.54. The van der Waals surface area contributed by atoms with Crippen molar-refractivity contribution >= 4 is 5.88 Å². The van der Waals surface area contributed by atoms with E-state index in [-0.39, 0.29) is 17.2 Å². The van der Waals surface area contributed by atoms with E-state index in [4.69, 9.17) is 20.1 Å². The predicted octanol–water partition coefficient (Wildman–Crippen LogP) is 2.55. The number of benzene rings is 1. The van der Waals surface area contributed by atoms with Crippen molar-refractivity contribution in [3.63, 3.8) is 0 Å². The summed E-state index contributed by atoms with van der Waals surface area (Å²) in [7, 11) is 1.38. The standard InChI is InChI=1S/C12H9FN2O2/c1-16-11-3-2-7(4-10(11)13)9-6-17-12(15)8(9)5-14/h2-4,6H,15H2,1H3. The van der Waals surface area contributed by atoms with Crippen LogP contribution in [-0.2, 0) is 0 Å². The Labute approximate surface area is 97.0 Å². The second-order valence-electron chi connectivity index (χ2n) is 3.35. The van der Waals surface area contributed by atoms with Crippen LogP contribution in [0.1, 0.15) is 5.56 Å². The van der Waals surface area contributed by atoms with Crippen molar-refractivity contribution in [1.29, 1.82) is 5.26 Å². The molecule has 1 aromatic carbocycles. The predicted molar refractivity (Wildman–Crippen MR) is 59.8 cm³/mol. The van der Waals surface area contributed by atoms with Gasteiger partial charge in [-0.2, -0.15) is 5.26 Å². The van der Waals surface area contributed by atoms with E-state index in [0.29, 0.717) is 11.1 Å². The van der Waals surface area contributed by atoms with E-state index in [0.717, 1.165) is 0 Å². The first-order chi connectivity index (χ1) is 8.17. The molecule has 0 aliphatic rings. The molecule has 0 unspecified atom stereocenters. The van der Waals surface area contributed by atoms with Crippen LogP contribution in [0.15, 0.2) is 28.9 Å². The smallest absolute Gasteiger partial charge is 0.208 e. The van der Waals surface area contributed by atoms with Gasteiger partial charge in [0.15, 0.2) is 11.6 Å². The maximum Gasteiger partial charge on any atom is 0.208 e. The molecule has 0 saturated heterocycles. The van der Waals surface area contributed by atoms with Gasteiger partial charge < -0.3 is 14.9 Å². The molecule has 0 bridgehead atoms. The maximum absolute atomic E-state index is 13.5. The Kier molecular flexibility index (Phi) is 2.71. The minimum absolute atomic E-state index is 0.0266. The minimum Gasteiger partial charge on any atom is -0.494 e. The normalized spacial score (nSPS) is 9.94. The largest absolute Gasteiger partial charge is 0.494 e. The van der Waals surface area contributed by atoms with Crippen LogP contribution in [0.3, 0.4) is 0 Å². The highest BCUT2D eigenvalue weighted by molar-refractivity contribution is 5.74. The summed E-state index contributed by atoms with van der Waals surface area (Å²) in [5, 5.41) is 8.91. The molecule has 0 amide bonds. The molecule has 17 heavy (non-hydrogen) atoms. The first kappa shape index (κ1) is 11.0. The van der Waals surface area contributed by atoms with E-state index in [2.05, 4.69) is 0 Å². The summed E-state index contributed by atoms with van der Waals surface area (Å²) in [6, 6.07) is 6.30. The molecule has 0 atom stereocenters. The highest BCUT2D eigenvalue weighted by Crippen LogP contribution is 2.31. The Morgan fingerprint density at radius 1 is 1.47 bits per heavy atom.